The summed E-state index contributed by atoms with van der Waals surface area (Å²) in [5, 5.41) is 11.5. The Morgan fingerprint density at radius 2 is 2.05 bits per heavy atom. The van der Waals surface area contributed by atoms with Gasteiger partial charge in [-0.15, -0.1) is 0 Å². The number of sulfonamides is 1. The molecule has 3 N–H and O–H groups in total. The Morgan fingerprint density at radius 1 is 1.40 bits per heavy atom. The van der Waals surface area contributed by atoms with Crippen molar-refractivity contribution >= 4 is 16.0 Å². The second-order valence-electron chi connectivity index (χ2n) is 4.94. The zero-order chi connectivity index (χ0) is 14.8. The zero-order valence-corrected chi connectivity index (χ0v) is 12.2. The van der Waals surface area contributed by atoms with Crippen LogP contribution in [-0.2, 0) is 21.2 Å². The van der Waals surface area contributed by atoms with Crippen molar-refractivity contribution in [2.45, 2.75) is 56.4 Å². The van der Waals surface area contributed by atoms with Gasteiger partial charge >= 0.3 is 5.97 Å². The van der Waals surface area contributed by atoms with Crippen LogP contribution >= 0.6 is 0 Å². The fourth-order valence-electron chi connectivity index (χ4n) is 2.44. The van der Waals surface area contributed by atoms with Crippen molar-refractivity contribution in [2.24, 2.45) is 5.14 Å². The van der Waals surface area contributed by atoms with E-state index in [0.29, 0.717) is 12.1 Å². The molecule has 0 radical (unpaired) electrons. The number of hydrogen-bond acceptors (Lipinski definition) is 5. The SMILES string of the molecule is CCc1[nH]nc(C(=O)OC2CCCCC2)c1S(N)(=O)=O. The number of carbonyl (C=O) groups is 1. The molecular weight excluding hydrogens is 282 g/mol. The number of nitrogens with one attached hydrogen (secondary N) is 1. The van der Waals surface area contributed by atoms with Gasteiger partial charge in [0.05, 0.1) is 5.69 Å². The lowest BCUT2D eigenvalue weighted by Gasteiger charge is -2.21. The van der Waals surface area contributed by atoms with Gasteiger partial charge in [-0.1, -0.05) is 13.3 Å². The number of rotatable bonds is 4. The third-order valence-corrected chi connectivity index (χ3v) is 4.46. The smallest absolute Gasteiger partial charge is 0.360 e. The first-order valence-electron chi connectivity index (χ1n) is 6.74. The molecule has 1 fully saturated rings. The average molecular weight is 301 g/mol. The summed E-state index contributed by atoms with van der Waals surface area (Å²) < 4.78 is 28.5. The first kappa shape index (κ1) is 15.0. The van der Waals surface area contributed by atoms with Gasteiger partial charge in [0.25, 0.3) is 0 Å². The van der Waals surface area contributed by atoms with Gasteiger partial charge in [-0.25, -0.2) is 18.4 Å². The monoisotopic (exact) mass is 301 g/mol. The lowest BCUT2D eigenvalue weighted by molar-refractivity contribution is 0.0200. The molecule has 112 valence electrons. The van der Waals surface area contributed by atoms with Crippen LogP contribution in [0.15, 0.2) is 4.90 Å². The van der Waals surface area contributed by atoms with Crippen molar-refractivity contribution in [1.82, 2.24) is 10.2 Å². The molecule has 1 heterocycles. The van der Waals surface area contributed by atoms with Crippen molar-refractivity contribution in [3.05, 3.63) is 11.4 Å². The van der Waals surface area contributed by atoms with Crippen molar-refractivity contribution < 1.29 is 17.9 Å². The van der Waals surface area contributed by atoms with E-state index in [1.54, 1.807) is 6.92 Å². The number of aromatic amines is 1. The van der Waals surface area contributed by atoms with Gasteiger partial charge in [0, 0.05) is 0 Å². The molecule has 0 saturated heterocycles. The molecule has 1 aromatic heterocycles. The predicted octanol–water partition coefficient (Wildman–Crippen LogP) is 1.11. The summed E-state index contributed by atoms with van der Waals surface area (Å²) in [5.74, 6) is -0.725. The maximum atomic E-state index is 12.1. The summed E-state index contributed by atoms with van der Waals surface area (Å²) in [6.45, 7) is 1.75. The Hall–Kier alpha value is -1.41. The van der Waals surface area contributed by atoms with Gasteiger partial charge in [0.2, 0.25) is 10.0 Å². The largest absolute Gasteiger partial charge is 0.458 e. The lowest BCUT2D eigenvalue weighted by atomic mass is 9.98. The van der Waals surface area contributed by atoms with Crippen LogP contribution in [0.1, 0.15) is 55.2 Å². The quantitative estimate of drug-likeness (QED) is 0.808. The fourth-order valence-corrected chi connectivity index (χ4v) is 3.37. The standard InChI is InChI=1S/C12H19N3O4S/c1-2-9-11(20(13,17)18)10(15-14-9)12(16)19-8-6-4-3-5-7-8/h8H,2-7H2,1H3,(H,14,15)(H2,13,17,18). The van der Waals surface area contributed by atoms with Crippen LogP contribution in [0.2, 0.25) is 0 Å². The minimum atomic E-state index is -4.01. The van der Waals surface area contributed by atoms with Crippen molar-refractivity contribution in [2.75, 3.05) is 0 Å². The van der Waals surface area contributed by atoms with Gasteiger partial charge in [-0.05, 0) is 32.1 Å². The first-order valence-corrected chi connectivity index (χ1v) is 8.29. The molecule has 0 spiro atoms. The molecule has 20 heavy (non-hydrogen) atoms. The third-order valence-electron chi connectivity index (χ3n) is 3.45. The fraction of sp³-hybridized carbons (Fsp3) is 0.667. The Labute approximate surface area is 117 Å². The normalized spacial score (nSPS) is 17.1. The number of hydrogen-bond donors (Lipinski definition) is 2. The highest BCUT2D eigenvalue weighted by atomic mass is 32.2. The molecule has 7 nitrogen and oxygen atoms in total. The number of esters is 1. The average Bonchev–Trinajstić information content (AvgIpc) is 2.83. The van der Waals surface area contributed by atoms with E-state index < -0.39 is 16.0 Å². The van der Waals surface area contributed by atoms with E-state index in [4.69, 9.17) is 9.88 Å². The van der Waals surface area contributed by atoms with Gasteiger partial charge in [-0.2, -0.15) is 5.10 Å². The van der Waals surface area contributed by atoms with Gasteiger partial charge in [0.1, 0.15) is 11.0 Å². The van der Waals surface area contributed by atoms with E-state index in [0.717, 1.165) is 32.1 Å². The highest BCUT2D eigenvalue weighted by Crippen LogP contribution is 2.23. The van der Waals surface area contributed by atoms with Crippen LogP contribution in [0.5, 0.6) is 0 Å². The number of aryl methyl sites for hydroxylation is 1. The summed E-state index contributed by atoms with van der Waals surface area (Å²) in [5.41, 5.74) is 0.0815. The molecule has 0 aliphatic heterocycles. The highest BCUT2D eigenvalue weighted by Gasteiger charge is 2.29. The third kappa shape index (κ3) is 3.18. The predicted molar refractivity (Wildman–Crippen MR) is 71.6 cm³/mol. The molecule has 1 saturated carbocycles. The van der Waals surface area contributed by atoms with Crippen LogP contribution in [-0.4, -0.2) is 30.7 Å². The minimum absolute atomic E-state index is 0.161. The molecule has 1 aliphatic carbocycles. The molecule has 8 heteroatoms. The molecule has 1 aromatic rings. The van der Waals surface area contributed by atoms with Crippen LogP contribution in [0.25, 0.3) is 0 Å². The second kappa shape index (κ2) is 5.92. The van der Waals surface area contributed by atoms with Crippen molar-refractivity contribution in [1.29, 1.82) is 0 Å². The number of primary sulfonamides is 1. The summed E-state index contributed by atoms with van der Waals surface area (Å²) in [6.07, 6.45) is 5.00. The van der Waals surface area contributed by atoms with Gasteiger partial charge in [-0.3, -0.25) is 5.10 Å². The summed E-state index contributed by atoms with van der Waals surface area (Å²) in [6, 6.07) is 0. The van der Waals surface area contributed by atoms with Crippen molar-refractivity contribution in [3.63, 3.8) is 0 Å². The highest BCUT2D eigenvalue weighted by molar-refractivity contribution is 7.89. The maximum absolute atomic E-state index is 12.1. The molecule has 1 aliphatic rings. The summed E-state index contributed by atoms with van der Waals surface area (Å²) in [7, 11) is -4.01. The Balaban J connectivity index is 2.23. The van der Waals surface area contributed by atoms with Gasteiger partial charge in [0.15, 0.2) is 5.69 Å². The summed E-state index contributed by atoms with van der Waals surface area (Å²) in [4.78, 5) is 11.8. The first-order chi connectivity index (χ1) is 9.43. The second-order valence-corrected chi connectivity index (χ2v) is 6.44. The zero-order valence-electron chi connectivity index (χ0n) is 11.4. The molecule has 0 unspecified atom stereocenters. The molecule has 0 amide bonds. The Bertz CT molecular complexity index is 588. The lowest BCUT2D eigenvalue weighted by Crippen LogP contribution is -2.23. The van der Waals surface area contributed by atoms with Gasteiger partial charge < -0.3 is 4.74 Å². The number of carbonyl (C=O) groups excluding carboxylic acids is 1. The number of ether oxygens (including phenoxy) is 1. The minimum Gasteiger partial charge on any atom is -0.458 e. The molecular formula is C12H19N3O4S. The van der Waals surface area contributed by atoms with Crippen LogP contribution in [0.4, 0.5) is 0 Å². The Morgan fingerprint density at radius 3 is 2.60 bits per heavy atom. The molecule has 2 rings (SSSR count). The molecule has 0 bridgehead atoms. The van der Waals surface area contributed by atoms with Crippen molar-refractivity contribution in [3.8, 4) is 0 Å². The Kier molecular flexibility index (Phi) is 4.44. The van der Waals surface area contributed by atoms with Crippen LogP contribution < -0.4 is 5.14 Å². The maximum Gasteiger partial charge on any atom is 0.360 e. The topological polar surface area (TPSA) is 115 Å². The molecule has 0 atom stereocenters. The summed E-state index contributed by atoms with van der Waals surface area (Å²) >= 11 is 0. The van der Waals surface area contributed by atoms with E-state index in [9.17, 15) is 13.2 Å². The van der Waals surface area contributed by atoms with Crippen LogP contribution in [0, 0.1) is 0 Å². The van der Waals surface area contributed by atoms with E-state index in [2.05, 4.69) is 10.2 Å². The van der Waals surface area contributed by atoms with E-state index in [1.165, 1.54) is 0 Å². The number of H-pyrrole nitrogens is 1. The number of nitrogens with zero attached hydrogens (tertiary/aromatic N) is 1. The number of aromatic nitrogens is 2. The van der Waals surface area contributed by atoms with E-state index in [-0.39, 0.29) is 16.7 Å². The van der Waals surface area contributed by atoms with E-state index in [1.807, 2.05) is 0 Å². The van der Waals surface area contributed by atoms with Crippen LogP contribution in [0.3, 0.4) is 0 Å². The number of nitrogens with two attached hydrogens (primary N) is 1. The van der Waals surface area contributed by atoms with E-state index >= 15 is 0 Å². The molecule has 0 aromatic carbocycles.